The fourth-order valence-corrected chi connectivity index (χ4v) is 3.84. The zero-order chi connectivity index (χ0) is 20.4. The van der Waals surface area contributed by atoms with Gasteiger partial charge in [0.15, 0.2) is 6.10 Å². The number of alkyl halides is 1. The van der Waals surface area contributed by atoms with Gasteiger partial charge in [0.25, 0.3) is 0 Å². The van der Waals surface area contributed by atoms with E-state index in [0.717, 1.165) is 21.8 Å². The maximum absolute atomic E-state index is 12.6. The average molecular weight is 500 g/mol. The smallest absolute Gasteiger partial charge is 0.356 e. The Kier molecular flexibility index (Phi) is 5.48. The topological polar surface area (TPSA) is 81.3 Å². The summed E-state index contributed by atoms with van der Waals surface area (Å²) in [7, 11) is 1.31. The monoisotopic (exact) mass is 500 g/mol. The molecule has 0 aliphatic rings. The van der Waals surface area contributed by atoms with Crippen LogP contribution in [-0.2, 0) is 9.47 Å². The Morgan fingerprint density at radius 3 is 2.48 bits per heavy atom. The highest BCUT2D eigenvalue weighted by Crippen LogP contribution is 2.32. The molecule has 4 rings (SSSR count). The van der Waals surface area contributed by atoms with Crippen LogP contribution in [0.1, 0.15) is 32.6 Å². The summed E-state index contributed by atoms with van der Waals surface area (Å²) >= 11 is 2.15. The summed E-state index contributed by atoms with van der Waals surface area (Å²) in [5.41, 5.74) is 2.78. The van der Waals surface area contributed by atoms with Gasteiger partial charge >= 0.3 is 11.9 Å². The predicted molar refractivity (Wildman–Crippen MR) is 118 cm³/mol. The van der Waals surface area contributed by atoms with Gasteiger partial charge in [-0.05, 0) is 24.3 Å². The lowest BCUT2D eigenvalue weighted by atomic mass is 10.1. The second kappa shape index (κ2) is 8.20. The quantitative estimate of drug-likeness (QED) is 0.241. The van der Waals surface area contributed by atoms with Crippen molar-refractivity contribution in [2.45, 2.75) is 6.10 Å². The van der Waals surface area contributed by atoms with Gasteiger partial charge in [0.2, 0.25) is 0 Å². The summed E-state index contributed by atoms with van der Waals surface area (Å²) in [6.45, 7) is 0. The molecule has 146 valence electrons. The summed E-state index contributed by atoms with van der Waals surface area (Å²) in [6.07, 6.45) is -0.636. The minimum atomic E-state index is -0.636. The molecule has 0 amide bonds. The summed E-state index contributed by atoms with van der Waals surface area (Å²) in [6, 6.07) is 18.3. The van der Waals surface area contributed by atoms with Crippen molar-refractivity contribution in [1.82, 2.24) is 9.97 Å². The Morgan fingerprint density at radius 2 is 1.76 bits per heavy atom. The SMILES string of the molecule is COC(=O)c1cc2c([nH]c3ccccc32)c([C@H](CI)OC(=O)c2ccccc2)n1. The molecular weight excluding hydrogens is 483 g/mol. The molecule has 1 N–H and O–H groups in total. The van der Waals surface area contributed by atoms with Crippen molar-refractivity contribution in [2.75, 3.05) is 11.5 Å². The van der Waals surface area contributed by atoms with Crippen LogP contribution < -0.4 is 0 Å². The van der Waals surface area contributed by atoms with Crippen molar-refractivity contribution in [2.24, 2.45) is 0 Å². The molecule has 7 heteroatoms. The van der Waals surface area contributed by atoms with Gasteiger partial charge in [-0.3, -0.25) is 0 Å². The highest BCUT2D eigenvalue weighted by molar-refractivity contribution is 14.1. The van der Waals surface area contributed by atoms with Crippen molar-refractivity contribution in [3.63, 3.8) is 0 Å². The van der Waals surface area contributed by atoms with Crippen LogP contribution >= 0.6 is 22.6 Å². The number of rotatable bonds is 5. The largest absolute Gasteiger partial charge is 0.464 e. The van der Waals surface area contributed by atoms with Crippen LogP contribution in [-0.4, -0.2) is 33.4 Å². The van der Waals surface area contributed by atoms with Crippen molar-refractivity contribution >= 4 is 56.3 Å². The van der Waals surface area contributed by atoms with E-state index in [1.165, 1.54) is 7.11 Å². The molecule has 0 spiro atoms. The number of carbonyl (C=O) groups is 2. The van der Waals surface area contributed by atoms with E-state index in [0.29, 0.717) is 15.7 Å². The third-order valence-electron chi connectivity index (χ3n) is 4.62. The number of aromatic amines is 1. The number of para-hydroxylation sites is 1. The van der Waals surface area contributed by atoms with Crippen molar-refractivity contribution in [3.05, 3.63) is 77.6 Å². The van der Waals surface area contributed by atoms with Gasteiger partial charge in [-0.2, -0.15) is 0 Å². The molecule has 1 atom stereocenters. The van der Waals surface area contributed by atoms with Gasteiger partial charge < -0.3 is 14.5 Å². The molecular formula is C22H17IN2O4. The number of H-pyrrole nitrogens is 1. The number of ether oxygens (including phenoxy) is 2. The number of nitrogens with one attached hydrogen (secondary N) is 1. The Morgan fingerprint density at radius 1 is 1.03 bits per heavy atom. The van der Waals surface area contributed by atoms with Crippen LogP contribution in [0.25, 0.3) is 21.8 Å². The summed E-state index contributed by atoms with van der Waals surface area (Å²) in [5.74, 6) is -0.984. The van der Waals surface area contributed by atoms with E-state index >= 15 is 0 Å². The zero-order valence-corrected chi connectivity index (χ0v) is 17.7. The molecule has 2 aromatic heterocycles. The first kappa shape index (κ1) is 19.4. The maximum atomic E-state index is 12.6. The van der Waals surface area contributed by atoms with E-state index in [9.17, 15) is 9.59 Å². The van der Waals surface area contributed by atoms with Gasteiger partial charge in [-0.15, -0.1) is 0 Å². The van der Waals surface area contributed by atoms with Gasteiger partial charge in [0, 0.05) is 20.7 Å². The highest BCUT2D eigenvalue weighted by Gasteiger charge is 2.25. The number of methoxy groups -OCH3 is 1. The highest BCUT2D eigenvalue weighted by atomic mass is 127. The van der Waals surface area contributed by atoms with Crippen LogP contribution in [0.4, 0.5) is 0 Å². The molecule has 0 unspecified atom stereocenters. The van der Waals surface area contributed by atoms with Crippen LogP contribution in [0.2, 0.25) is 0 Å². The Balaban J connectivity index is 1.85. The van der Waals surface area contributed by atoms with E-state index in [1.54, 1.807) is 30.3 Å². The molecule has 2 heterocycles. The molecule has 0 fully saturated rings. The second-order valence-electron chi connectivity index (χ2n) is 6.39. The molecule has 4 aromatic rings. The van der Waals surface area contributed by atoms with Crippen LogP contribution in [0, 0.1) is 0 Å². The fraction of sp³-hybridized carbons (Fsp3) is 0.136. The average Bonchev–Trinajstić information content (AvgIpc) is 3.15. The number of benzene rings is 2. The molecule has 0 bridgehead atoms. The predicted octanol–water partition coefficient (Wildman–Crippen LogP) is 4.84. The fourth-order valence-electron chi connectivity index (χ4n) is 3.24. The minimum absolute atomic E-state index is 0.172. The van der Waals surface area contributed by atoms with E-state index in [1.807, 2.05) is 30.3 Å². The lowest BCUT2D eigenvalue weighted by Crippen LogP contribution is -2.16. The molecule has 0 saturated heterocycles. The number of hydrogen-bond acceptors (Lipinski definition) is 5. The molecule has 6 nitrogen and oxygen atoms in total. The first-order chi connectivity index (χ1) is 14.1. The number of carbonyl (C=O) groups excluding carboxylic acids is 2. The third-order valence-corrected chi connectivity index (χ3v) is 5.42. The number of aromatic nitrogens is 2. The molecule has 29 heavy (non-hydrogen) atoms. The third kappa shape index (κ3) is 3.69. The van der Waals surface area contributed by atoms with Crippen LogP contribution in [0.5, 0.6) is 0 Å². The van der Waals surface area contributed by atoms with Gasteiger partial charge in [0.05, 0.1) is 18.2 Å². The Hall–Kier alpha value is -2.94. The van der Waals surface area contributed by atoms with E-state index in [-0.39, 0.29) is 5.69 Å². The first-order valence-electron chi connectivity index (χ1n) is 8.94. The lowest BCUT2D eigenvalue weighted by Gasteiger charge is -2.17. The van der Waals surface area contributed by atoms with Crippen LogP contribution in [0.15, 0.2) is 60.7 Å². The number of esters is 2. The number of halogens is 1. The zero-order valence-electron chi connectivity index (χ0n) is 15.5. The maximum Gasteiger partial charge on any atom is 0.356 e. The second-order valence-corrected chi connectivity index (χ2v) is 7.27. The number of hydrogen-bond donors (Lipinski definition) is 1. The normalized spacial score (nSPS) is 12.1. The van der Waals surface area contributed by atoms with E-state index in [4.69, 9.17) is 9.47 Å². The van der Waals surface area contributed by atoms with Gasteiger partial charge in [-0.25, -0.2) is 14.6 Å². The van der Waals surface area contributed by atoms with Crippen molar-refractivity contribution in [1.29, 1.82) is 0 Å². The number of fused-ring (bicyclic) bond motifs is 3. The van der Waals surface area contributed by atoms with E-state index in [2.05, 4.69) is 32.6 Å². The van der Waals surface area contributed by atoms with Gasteiger partial charge in [-0.1, -0.05) is 59.0 Å². The minimum Gasteiger partial charge on any atom is -0.464 e. The first-order valence-corrected chi connectivity index (χ1v) is 10.5. The molecule has 2 aromatic carbocycles. The standard InChI is InChI=1S/C22H17IN2O4/c1-28-22(27)17-11-15-14-9-5-6-10-16(14)24-19(15)20(25-17)18(12-23)29-21(26)13-7-3-2-4-8-13/h2-11,18,24H,12H2,1H3/t18-/m0/s1. The van der Waals surface area contributed by atoms with Crippen molar-refractivity contribution < 1.29 is 19.1 Å². The van der Waals surface area contributed by atoms with Crippen molar-refractivity contribution in [3.8, 4) is 0 Å². The molecule has 0 aliphatic carbocycles. The summed E-state index contributed by atoms with van der Waals surface area (Å²) in [5, 5.41) is 1.79. The Labute approximate surface area is 180 Å². The summed E-state index contributed by atoms with van der Waals surface area (Å²) < 4.78 is 11.1. The van der Waals surface area contributed by atoms with E-state index < -0.39 is 18.0 Å². The summed E-state index contributed by atoms with van der Waals surface area (Å²) in [4.78, 5) is 32.7. The Bertz CT molecular complexity index is 1200. The lowest BCUT2D eigenvalue weighted by molar-refractivity contribution is 0.0347. The van der Waals surface area contributed by atoms with Gasteiger partial charge in [0.1, 0.15) is 11.4 Å². The van der Waals surface area contributed by atoms with Crippen LogP contribution in [0.3, 0.4) is 0 Å². The molecule has 0 aliphatic heterocycles. The molecule has 0 saturated carbocycles. The number of nitrogens with zero attached hydrogens (tertiary/aromatic N) is 1. The number of pyridine rings is 1. The molecule has 0 radical (unpaired) electrons.